The minimum atomic E-state index is -0.370. The Labute approximate surface area is 171 Å². The van der Waals surface area contributed by atoms with E-state index in [9.17, 15) is 9.59 Å². The molecule has 0 atom stereocenters. The number of carbonyl (C=O) groups is 2. The molecule has 2 aromatic heterocycles. The van der Waals surface area contributed by atoms with E-state index in [1.54, 1.807) is 11.6 Å². The number of para-hydroxylation sites is 1. The third kappa shape index (κ3) is 4.06. The summed E-state index contributed by atoms with van der Waals surface area (Å²) in [4.78, 5) is 37.8. The second-order valence-corrected chi connectivity index (χ2v) is 7.61. The summed E-state index contributed by atoms with van der Waals surface area (Å²) < 4.78 is 6.05. The first kappa shape index (κ1) is 19.3. The Kier molecular flexibility index (Phi) is 5.41. The summed E-state index contributed by atoms with van der Waals surface area (Å²) in [5.41, 5.74) is 1.05. The fraction of sp³-hybridized carbons (Fsp3) is 0.300. The number of amides is 2. The molecular formula is C20H20N4O4S. The zero-order valence-electron chi connectivity index (χ0n) is 16.0. The van der Waals surface area contributed by atoms with E-state index in [2.05, 4.69) is 15.3 Å². The van der Waals surface area contributed by atoms with Crippen molar-refractivity contribution >= 4 is 39.2 Å². The molecule has 1 saturated carbocycles. The van der Waals surface area contributed by atoms with Gasteiger partial charge in [-0.1, -0.05) is 18.2 Å². The quantitative estimate of drug-likeness (QED) is 0.625. The molecule has 9 heteroatoms. The normalized spacial score (nSPS) is 18.1. The zero-order chi connectivity index (χ0) is 20.4. The Bertz CT molecular complexity index is 1040. The summed E-state index contributed by atoms with van der Waals surface area (Å²) in [5.74, 6) is 0.101. The van der Waals surface area contributed by atoms with Crippen LogP contribution in [0.2, 0.25) is 0 Å². The van der Waals surface area contributed by atoms with Gasteiger partial charge in [0.15, 0.2) is 5.13 Å². The number of hydroxylamine groups is 2. The lowest BCUT2D eigenvalue weighted by Crippen LogP contribution is -2.40. The molecule has 1 N–H and O–H groups in total. The smallest absolute Gasteiger partial charge is 0.296 e. The van der Waals surface area contributed by atoms with Crippen LogP contribution in [0.4, 0.5) is 5.13 Å². The predicted octanol–water partition coefficient (Wildman–Crippen LogP) is 3.12. The minimum absolute atomic E-state index is 0.0258. The van der Waals surface area contributed by atoms with Crippen LogP contribution >= 0.6 is 11.3 Å². The number of ether oxygens (including phenoxy) is 1. The lowest BCUT2D eigenvalue weighted by Gasteiger charge is -2.34. The summed E-state index contributed by atoms with van der Waals surface area (Å²) in [7, 11) is 2.90. The van der Waals surface area contributed by atoms with Crippen LogP contribution in [-0.2, 0) is 9.63 Å². The topological polar surface area (TPSA) is 93.7 Å². The number of benzene rings is 1. The number of hydrogen-bond acceptors (Lipinski definition) is 7. The number of aromatic nitrogens is 2. The van der Waals surface area contributed by atoms with E-state index in [1.807, 2.05) is 30.3 Å². The molecule has 8 nitrogen and oxygen atoms in total. The van der Waals surface area contributed by atoms with Crippen molar-refractivity contribution in [2.24, 2.45) is 5.92 Å². The molecule has 0 radical (unpaired) electrons. The number of nitrogens with zero attached hydrogens (tertiary/aromatic N) is 3. The Balaban J connectivity index is 1.31. The predicted molar refractivity (Wildman–Crippen MR) is 109 cm³/mol. The molecule has 3 aromatic rings. The van der Waals surface area contributed by atoms with Gasteiger partial charge in [-0.3, -0.25) is 19.4 Å². The molecule has 2 heterocycles. The lowest BCUT2D eigenvalue weighted by molar-refractivity contribution is -0.125. The van der Waals surface area contributed by atoms with Crippen molar-refractivity contribution in [3.63, 3.8) is 0 Å². The van der Waals surface area contributed by atoms with Gasteiger partial charge in [0.25, 0.3) is 5.91 Å². The van der Waals surface area contributed by atoms with Gasteiger partial charge in [-0.05, 0) is 25.0 Å². The van der Waals surface area contributed by atoms with E-state index in [-0.39, 0.29) is 29.5 Å². The molecule has 4 rings (SSSR count). The van der Waals surface area contributed by atoms with Crippen molar-refractivity contribution in [2.45, 2.75) is 18.9 Å². The zero-order valence-corrected chi connectivity index (χ0v) is 16.8. The van der Waals surface area contributed by atoms with E-state index >= 15 is 0 Å². The van der Waals surface area contributed by atoms with Crippen LogP contribution in [0.15, 0.2) is 41.9 Å². The van der Waals surface area contributed by atoms with Crippen molar-refractivity contribution in [2.75, 3.05) is 19.5 Å². The summed E-state index contributed by atoms with van der Waals surface area (Å²) in [6.45, 7) is 0. The van der Waals surface area contributed by atoms with Crippen molar-refractivity contribution in [1.29, 1.82) is 0 Å². The highest BCUT2D eigenvalue weighted by molar-refractivity contribution is 7.14. The number of nitrogens with one attached hydrogen (secondary N) is 1. The fourth-order valence-electron chi connectivity index (χ4n) is 3.11. The number of anilines is 1. The van der Waals surface area contributed by atoms with E-state index in [1.165, 1.54) is 25.5 Å². The highest BCUT2D eigenvalue weighted by Crippen LogP contribution is 2.34. The molecule has 1 aromatic carbocycles. The van der Waals surface area contributed by atoms with Gasteiger partial charge in [-0.2, -0.15) is 0 Å². The summed E-state index contributed by atoms with van der Waals surface area (Å²) >= 11 is 1.21. The maximum Gasteiger partial charge on any atom is 0.296 e. The van der Waals surface area contributed by atoms with Gasteiger partial charge in [0, 0.05) is 29.9 Å². The van der Waals surface area contributed by atoms with Crippen molar-refractivity contribution in [3.8, 4) is 5.75 Å². The van der Waals surface area contributed by atoms with Crippen molar-refractivity contribution < 1.29 is 19.2 Å². The molecule has 0 saturated heterocycles. The van der Waals surface area contributed by atoms with E-state index in [0.29, 0.717) is 18.0 Å². The number of fused-ring (bicyclic) bond motifs is 1. The van der Waals surface area contributed by atoms with Gasteiger partial charge in [0.2, 0.25) is 5.91 Å². The third-order valence-corrected chi connectivity index (χ3v) is 5.63. The third-order valence-electron chi connectivity index (χ3n) is 4.87. The SMILES string of the molecule is CON(C)C(=O)c1csc(NC(=O)[C@H]2C[C@H](Oc3cccc4cccnc34)C2)n1. The van der Waals surface area contributed by atoms with Crippen LogP contribution in [0, 0.1) is 5.92 Å². The average Bonchev–Trinajstić information content (AvgIpc) is 3.17. The first-order valence-electron chi connectivity index (χ1n) is 9.14. The molecule has 1 fully saturated rings. The van der Waals surface area contributed by atoms with Crippen LogP contribution in [0.1, 0.15) is 23.3 Å². The first-order valence-corrected chi connectivity index (χ1v) is 10.0. The van der Waals surface area contributed by atoms with Gasteiger partial charge in [-0.25, -0.2) is 10.0 Å². The number of hydrogen-bond donors (Lipinski definition) is 1. The molecule has 29 heavy (non-hydrogen) atoms. The Hall–Kier alpha value is -3.04. The molecular weight excluding hydrogens is 392 g/mol. The number of rotatable bonds is 6. The van der Waals surface area contributed by atoms with Crippen LogP contribution in [0.25, 0.3) is 10.9 Å². The second kappa shape index (κ2) is 8.14. The standard InChI is InChI=1S/C20H20N4O4S/c1-24(27-2)19(26)15-11-29-20(22-15)23-18(25)13-9-14(10-13)28-16-7-3-5-12-6-4-8-21-17(12)16/h3-8,11,13-14H,9-10H2,1-2H3,(H,22,23,25)/t13-,14-. The molecule has 0 unspecified atom stereocenters. The van der Waals surface area contributed by atoms with Crippen LogP contribution < -0.4 is 10.1 Å². The maximum absolute atomic E-state index is 12.4. The summed E-state index contributed by atoms with van der Waals surface area (Å²) in [6, 6.07) is 9.70. The molecule has 2 amide bonds. The molecule has 150 valence electrons. The average molecular weight is 412 g/mol. The minimum Gasteiger partial charge on any atom is -0.488 e. The van der Waals surface area contributed by atoms with Gasteiger partial charge < -0.3 is 10.1 Å². The first-order chi connectivity index (χ1) is 14.0. The molecule has 1 aliphatic rings. The van der Waals surface area contributed by atoms with Crippen molar-refractivity contribution in [3.05, 3.63) is 47.6 Å². The van der Waals surface area contributed by atoms with Crippen LogP contribution in [0.3, 0.4) is 0 Å². The van der Waals surface area contributed by atoms with E-state index in [4.69, 9.17) is 9.57 Å². The summed E-state index contributed by atoms with van der Waals surface area (Å²) in [5, 5.41) is 6.86. The Morgan fingerprint density at radius 2 is 2.03 bits per heavy atom. The Morgan fingerprint density at radius 3 is 2.83 bits per heavy atom. The maximum atomic E-state index is 12.4. The second-order valence-electron chi connectivity index (χ2n) is 6.75. The number of pyridine rings is 1. The highest BCUT2D eigenvalue weighted by atomic mass is 32.1. The molecule has 1 aliphatic carbocycles. The van der Waals surface area contributed by atoms with Crippen LogP contribution in [0.5, 0.6) is 5.75 Å². The Morgan fingerprint density at radius 1 is 1.24 bits per heavy atom. The monoisotopic (exact) mass is 412 g/mol. The molecule has 0 aliphatic heterocycles. The number of carbonyl (C=O) groups excluding carboxylic acids is 2. The molecule has 0 bridgehead atoms. The number of thiazole rings is 1. The fourth-order valence-corrected chi connectivity index (χ4v) is 3.80. The van der Waals surface area contributed by atoms with Gasteiger partial charge in [0.05, 0.1) is 7.11 Å². The van der Waals surface area contributed by atoms with E-state index < -0.39 is 0 Å². The van der Waals surface area contributed by atoms with Gasteiger partial charge >= 0.3 is 0 Å². The molecule has 0 spiro atoms. The van der Waals surface area contributed by atoms with Gasteiger partial charge in [-0.15, -0.1) is 11.3 Å². The van der Waals surface area contributed by atoms with Crippen LogP contribution in [-0.4, -0.2) is 47.1 Å². The highest BCUT2D eigenvalue weighted by Gasteiger charge is 2.36. The lowest BCUT2D eigenvalue weighted by atomic mass is 9.81. The van der Waals surface area contributed by atoms with Gasteiger partial charge in [0.1, 0.15) is 23.1 Å². The largest absolute Gasteiger partial charge is 0.488 e. The van der Waals surface area contributed by atoms with E-state index in [0.717, 1.165) is 21.7 Å². The van der Waals surface area contributed by atoms with Crippen molar-refractivity contribution in [1.82, 2.24) is 15.0 Å². The summed E-state index contributed by atoms with van der Waals surface area (Å²) in [6.07, 6.45) is 2.96.